The van der Waals surface area contributed by atoms with E-state index in [1.165, 1.54) is 0 Å². The fourth-order valence-electron chi connectivity index (χ4n) is 2.91. The van der Waals surface area contributed by atoms with Gasteiger partial charge < -0.3 is 10.4 Å². The van der Waals surface area contributed by atoms with E-state index in [2.05, 4.69) is 21.3 Å². The lowest BCUT2D eigenvalue weighted by Crippen LogP contribution is -2.45. The Kier molecular flexibility index (Phi) is 6.77. The van der Waals surface area contributed by atoms with Crippen LogP contribution in [0.25, 0.3) is 0 Å². The molecule has 1 saturated carbocycles. The van der Waals surface area contributed by atoms with Crippen molar-refractivity contribution in [3.8, 4) is 0 Å². The molecule has 1 aliphatic carbocycles. The first-order valence-electron chi connectivity index (χ1n) is 8.84. The summed E-state index contributed by atoms with van der Waals surface area (Å²) in [7, 11) is 0. The van der Waals surface area contributed by atoms with Gasteiger partial charge in [0.2, 0.25) is 5.91 Å². The Hall–Kier alpha value is -1.44. The van der Waals surface area contributed by atoms with E-state index in [1.54, 1.807) is 6.08 Å². The molecular weight excluding hydrogens is 308 g/mol. The second-order valence-corrected chi connectivity index (χ2v) is 7.30. The first-order valence-corrected chi connectivity index (χ1v) is 8.84. The number of hydrogen-bond acceptors (Lipinski definition) is 5. The molecule has 1 saturated heterocycles. The van der Waals surface area contributed by atoms with Gasteiger partial charge >= 0.3 is 5.97 Å². The molecule has 0 aromatic heterocycles. The van der Waals surface area contributed by atoms with Crippen LogP contribution in [0.2, 0.25) is 0 Å². The van der Waals surface area contributed by atoms with E-state index in [-0.39, 0.29) is 29.2 Å². The minimum atomic E-state index is -1.07. The highest BCUT2D eigenvalue weighted by atomic mass is 16.4. The Balaban J connectivity index is 1.60. The summed E-state index contributed by atoms with van der Waals surface area (Å²) in [5.41, 5.74) is 0.0178. The number of carbonyl (C=O) groups is 2. The van der Waals surface area contributed by atoms with Crippen molar-refractivity contribution in [2.45, 2.75) is 52.2 Å². The number of allylic oxidation sites excluding steroid dienone is 1. The molecule has 0 bridgehead atoms. The van der Waals surface area contributed by atoms with Crippen LogP contribution in [-0.4, -0.2) is 42.9 Å². The van der Waals surface area contributed by atoms with E-state index in [1.807, 2.05) is 13.8 Å². The van der Waals surface area contributed by atoms with Crippen LogP contribution in [-0.2, 0) is 9.59 Å². The van der Waals surface area contributed by atoms with Crippen molar-refractivity contribution >= 4 is 11.9 Å². The molecule has 0 aromatic rings. The standard InChI is InChI=1S/C17H30N4O3/c1-17(2)11-12(17)14(22)21-13(15(23)24)7-5-3-4-6-8-18-16-19-9-10-20-16/h7,12,16,18-20H,3-6,8-11H2,1-2H3,(H,21,22)(H,23,24)/b13-7-. The highest BCUT2D eigenvalue weighted by Crippen LogP contribution is 2.51. The maximum absolute atomic E-state index is 12.0. The molecule has 1 atom stereocenters. The summed E-state index contributed by atoms with van der Waals surface area (Å²) in [5, 5.41) is 21.7. The van der Waals surface area contributed by atoms with Gasteiger partial charge in [0.15, 0.2) is 0 Å². The molecule has 1 unspecified atom stereocenters. The van der Waals surface area contributed by atoms with E-state index >= 15 is 0 Å². The maximum Gasteiger partial charge on any atom is 0.352 e. The van der Waals surface area contributed by atoms with E-state index in [9.17, 15) is 14.7 Å². The summed E-state index contributed by atoms with van der Waals surface area (Å²) in [4.78, 5) is 23.2. The van der Waals surface area contributed by atoms with Gasteiger partial charge in [-0.15, -0.1) is 0 Å². The summed E-state index contributed by atoms with van der Waals surface area (Å²) >= 11 is 0. The van der Waals surface area contributed by atoms with Crippen LogP contribution in [0.15, 0.2) is 11.8 Å². The smallest absolute Gasteiger partial charge is 0.352 e. The molecule has 0 spiro atoms. The number of rotatable bonds is 10. The molecule has 2 rings (SSSR count). The number of nitrogens with one attached hydrogen (secondary N) is 4. The Labute approximate surface area is 143 Å². The third-order valence-electron chi connectivity index (χ3n) is 4.72. The Morgan fingerprint density at radius 3 is 2.46 bits per heavy atom. The van der Waals surface area contributed by atoms with E-state index in [4.69, 9.17) is 0 Å². The fraction of sp³-hybridized carbons (Fsp3) is 0.765. The number of carbonyl (C=O) groups excluding carboxylic acids is 1. The normalized spacial score (nSPS) is 23.2. The van der Waals surface area contributed by atoms with Crippen LogP contribution in [0.5, 0.6) is 0 Å². The Morgan fingerprint density at radius 1 is 1.21 bits per heavy atom. The van der Waals surface area contributed by atoms with Crippen molar-refractivity contribution in [2.75, 3.05) is 19.6 Å². The molecule has 1 amide bonds. The molecule has 7 heteroatoms. The predicted octanol–water partition coefficient (Wildman–Crippen LogP) is 0.744. The minimum absolute atomic E-state index is 0.00370. The Morgan fingerprint density at radius 2 is 1.88 bits per heavy atom. The molecule has 5 N–H and O–H groups in total. The van der Waals surface area contributed by atoms with Crippen molar-refractivity contribution in [3.05, 3.63) is 11.8 Å². The molecule has 1 aliphatic heterocycles. The monoisotopic (exact) mass is 338 g/mol. The maximum atomic E-state index is 12.0. The van der Waals surface area contributed by atoms with Gasteiger partial charge in [-0.2, -0.15) is 0 Å². The molecule has 0 radical (unpaired) electrons. The number of hydrogen-bond donors (Lipinski definition) is 5. The number of carboxylic acids is 1. The van der Waals surface area contributed by atoms with Crippen LogP contribution in [0.4, 0.5) is 0 Å². The summed E-state index contributed by atoms with van der Waals surface area (Å²) in [6.45, 7) is 6.94. The zero-order chi connectivity index (χ0) is 17.6. The van der Waals surface area contributed by atoms with Gasteiger partial charge in [0.1, 0.15) is 12.0 Å². The average molecular weight is 338 g/mol. The number of amides is 1. The zero-order valence-corrected chi connectivity index (χ0v) is 14.7. The summed E-state index contributed by atoms with van der Waals surface area (Å²) in [5.74, 6) is -1.31. The minimum Gasteiger partial charge on any atom is -0.477 e. The SMILES string of the molecule is CC1(C)CC1C(=O)N/C(=C\CCCCCNC1NCCN1)C(=O)O. The largest absolute Gasteiger partial charge is 0.477 e. The summed E-state index contributed by atoms with van der Waals surface area (Å²) in [6, 6.07) is 0. The molecular formula is C17H30N4O3. The molecule has 7 nitrogen and oxygen atoms in total. The summed E-state index contributed by atoms with van der Waals surface area (Å²) in [6.07, 6.45) is 6.30. The van der Waals surface area contributed by atoms with E-state index in [0.717, 1.165) is 45.3 Å². The fourth-order valence-corrected chi connectivity index (χ4v) is 2.91. The molecule has 0 aromatic carbocycles. The zero-order valence-electron chi connectivity index (χ0n) is 14.7. The molecule has 1 heterocycles. The van der Waals surface area contributed by atoms with Crippen LogP contribution in [0.1, 0.15) is 46.0 Å². The lowest BCUT2D eigenvalue weighted by Gasteiger charge is -2.12. The van der Waals surface area contributed by atoms with Gasteiger partial charge in [-0.3, -0.25) is 20.7 Å². The van der Waals surface area contributed by atoms with Crippen LogP contribution in [0.3, 0.4) is 0 Å². The lowest BCUT2D eigenvalue weighted by molar-refractivity contribution is -0.135. The quantitative estimate of drug-likeness (QED) is 0.297. The summed E-state index contributed by atoms with van der Waals surface area (Å²) < 4.78 is 0. The predicted molar refractivity (Wildman–Crippen MR) is 92.0 cm³/mol. The van der Waals surface area contributed by atoms with E-state index in [0.29, 0.717) is 6.42 Å². The molecule has 2 aliphatic rings. The highest BCUT2D eigenvalue weighted by molar-refractivity contribution is 5.94. The van der Waals surface area contributed by atoms with Crippen molar-refractivity contribution in [1.82, 2.24) is 21.3 Å². The third-order valence-corrected chi connectivity index (χ3v) is 4.72. The topological polar surface area (TPSA) is 102 Å². The van der Waals surface area contributed by atoms with Crippen LogP contribution >= 0.6 is 0 Å². The van der Waals surface area contributed by atoms with Crippen molar-refractivity contribution < 1.29 is 14.7 Å². The van der Waals surface area contributed by atoms with Crippen LogP contribution in [0, 0.1) is 11.3 Å². The average Bonchev–Trinajstić information content (AvgIpc) is 2.93. The lowest BCUT2D eigenvalue weighted by atomic mass is 10.1. The second kappa shape index (κ2) is 8.60. The number of unbranched alkanes of at least 4 members (excludes halogenated alkanes) is 3. The first kappa shape index (κ1) is 18.9. The van der Waals surface area contributed by atoms with Crippen molar-refractivity contribution in [3.63, 3.8) is 0 Å². The van der Waals surface area contributed by atoms with Gasteiger partial charge in [0.25, 0.3) is 0 Å². The van der Waals surface area contributed by atoms with Gasteiger partial charge in [-0.1, -0.05) is 26.3 Å². The molecule has 24 heavy (non-hydrogen) atoms. The van der Waals surface area contributed by atoms with Gasteiger partial charge in [0, 0.05) is 19.0 Å². The third kappa shape index (κ3) is 5.89. The second-order valence-electron chi connectivity index (χ2n) is 7.30. The Bertz CT molecular complexity index is 484. The van der Waals surface area contributed by atoms with E-state index < -0.39 is 5.97 Å². The van der Waals surface area contributed by atoms with Crippen molar-refractivity contribution in [2.24, 2.45) is 11.3 Å². The number of carboxylic acid groups (broad SMARTS) is 1. The number of aliphatic carboxylic acids is 1. The van der Waals surface area contributed by atoms with Crippen LogP contribution < -0.4 is 21.3 Å². The van der Waals surface area contributed by atoms with Gasteiger partial charge in [0.05, 0.1) is 0 Å². The van der Waals surface area contributed by atoms with Crippen molar-refractivity contribution in [1.29, 1.82) is 0 Å². The van der Waals surface area contributed by atoms with Gasteiger partial charge in [-0.05, 0) is 37.6 Å². The van der Waals surface area contributed by atoms with Gasteiger partial charge in [-0.25, -0.2) is 4.79 Å². The molecule has 2 fully saturated rings. The molecule has 136 valence electrons. The highest BCUT2D eigenvalue weighted by Gasteiger charge is 2.50. The first-order chi connectivity index (χ1) is 11.4.